The Hall–Kier alpha value is -6.09. The molecule has 0 saturated heterocycles. The van der Waals surface area contributed by atoms with Gasteiger partial charge in [-0.05, 0) is 109 Å². The van der Waals surface area contributed by atoms with E-state index in [4.69, 9.17) is 18.9 Å². The summed E-state index contributed by atoms with van der Waals surface area (Å²) in [6, 6.07) is 35.7. The van der Waals surface area contributed by atoms with Crippen LogP contribution in [0.2, 0.25) is 0 Å². The Kier molecular flexibility index (Phi) is 26.2. The summed E-state index contributed by atoms with van der Waals surface area (Å²) in [5.74, 6) is -0.178. The highest BCUT2D eigenvalue weighted by Gasteiger charge is 2.16. The summed E-state index contributed by atoms with van der Waals surface area (Å²) in [6.07, 6.45) is 28.9. The molecule has 0 bridgehead atoms. The molecule has 9 heteroatoms. The van der Waals surface area contributed by atoms with Crippen LogP contribution in [-0.4, -0.2) is 25.2 Å². The van der Waals surface area contributed by atoms with Crippen LogP contribution in [0, 0.1) is 0 Å². The number of carbonyl (C=O) groups is 2. The summed E-state index contributed by atoms with van der Waals surface area (Å²) >= 11 is 0. The molecule has 0 amide bonds. The fourth-order valence-electron chi connectivity index (χ4n) is 8.21. The highest BCUT2D eigenvalue weighted by atomic mass is 16.6. The smallest absolute Gasteiger partial charge is 0.343 e. The second-order valence-electron chi connectivity index (χ2n) is 18.5. The van der Waals surface area contributed by atoms with Gasteiger partial charge in [0.05, 0.1) is 24.3 Å². The van der Waals surface area contributed by atoms with E-state index in [0.717, 1.165) is 60.1 Å². The quantitative estimate of drug-likeness (QED) is 0.0299. The second kappa shape index (κ2) is 33.4. The number of nitrogens with one attached hydrogen (secondary N) is 2. The Morgan fingerprint density at radius 1 is 0.386 bits per heavy atom. The standard InChI is InChI=1S/C61H80N2O7/c1-3-5-7-9-11-13-15-17-19-21-25-45-67-55-41-37-53(38-42-55)62-47-49-29-33-51(34-30-49)60(65)69-57-27-23-24-28-58(59(57)64)70-61(66)52-35-31-50(32-36-52)48-63-54-39-43-56(44-40-54)68-46-26-22-20-18-16-14-12-10-8-6-4-2/h23-24,27-44,62-63H,3-22,25-26,45-48H2,1-2H3. The number of benzene rings is 4. The molecule has 0 atom stereocenters. The van der Waals surface area contributed by atoms with Crippen LogP contribution in [0.5, 0.6) is 23.0 Å². The van der Waals surface area contributed by atoms with Crippen LogP contribution in [0.1, 0.15) is 187 Å². The molecule has 0 aliphatic carbocycles. The topological polar surface area (TPSA) is 112 Å². The number of hydrogen-bond donors (Lipinski definition) is 2. The maximum Gasteiger partial charge on any atom is 0.343 e. The predicted molar refractivity (Wildman–Crippen MR) is 287 cm³/mol. The molecule has 5 aromatic rings. The molecule has 0 aliphatic heterocycles. The third-order valence-electron chi connectivity index (χ3n) is 12.6. The maximum absolute atomic E-state index is 13.4. The van der Waals surface area contributed by atoms with Crippen molar-refractivity contribution in [3.8, 4) is 23.0 Å². The number of carbonyl (C=O) groups excluding carboxylic acids is 2. The minimum atomic E-state index is -0.718. The molecule has 70 heavy (non-hydrogen) atoms. The summed E-state index contributed by atoms with van der Waals surface area (Å²) in [6.45, 7) is 7.08. The summed E-state index contributed by atoms with van der Waals surface area (Å²) in [4.78, 5) is 39.7. The van der Waals surface area contributed by atoms with Crippen LogP contribution in [0.4, 0.5) is 11.4 Å². The summed E-state index contributed by atoms with van der Waals surface area (Å²) in [7, 11) is 0. The van der Waals surface area contributed by atoms with E-state index in [1.165, 1.54) is 141 Å². The maximum atomic E-state index is 13.4. The van der Waals surface area contributed by atoms with E-state index < -0.39 is 17.4 Å². The Morgan fingerprint density at radius 2 is 0.700 bits per heavy atom. The van der Waals surface area contributed by atoms with E-state index in [2.05, 4.69) is 24.5 Å². The zero-order valence-electron chi connectivity index (χ0n) is 42.3. The SMILES string of the molecule is CCCCCCCCCCCCCOc1ccc(NCc2ccc(C(=O)Oc3ccccc(OC(=O)c4ccc(CNc5ccc(OCCCCCCCCCCCCC)cc5)cc4)c3=O)cc2)cc1. The number of ether oxygens (including phenoxy) is 4. The van der Waals surface area contributed by atoms with Crippen molar-refractivity contribution in [2.24, 2.45) is 0 Å². The van der Waals surface area contributed by atoms with Crippen molar-refractivity contribution in [3.05, 3.63) is 154 Å². The Balaban J connectivity index is 0.967. The van der Waals surface area contributed by atoms with Crippen molar-refractivity contribution in [2.75, 3.05) is 23.8 Å². The largest absolute Gasteiger partial charge is 0.494 e. The number of anilines is 2. The van der Waals surface area contributed by atoms with E-state index in [1.54, 1.807) is 36.4 Å². The minimum absolute atomic E-state index is 0.250. The summed E-state index contributed by atoms with van der Waals surface area (Å²) in [5, 5.41) is 6.81. The number of rotatable bonds is 36. The van der Waals surface area contributed by atoms with Crippen molar-refractivity contribution in [1.82, 2.24) is 0 Å². The van der Waals surface area contributed by atoms with Gasteiger partial charge in [-0.15, -0.1) is 0 Å². The van der Waals surface area contributed by atoms with Gasteiger partial charge in [-0.1, -0.05) is 179 Å². The molecule has 0 fully saturated rings. The number of hydrogen-bond acceptors (Lipinski definition) is 9. The molecule has 0 radical (unpaired) electrons. The molecule has 0 aromatic heterocycles. The average Bonchev–Trinajstić information content (AvgIpc) is 3.55. The van der Waals surface area contributed by atoms with Crippen LogP contribution in [0.25, 0.3) is 0 Å². The lowest BCUT2D eigenvalue weighted by molar-refractivity contribution is 0.0730. The number of esters is 2. The second-order valence-corrected chi connectivity index (χ2v) is 18.5. The van der Waals surface area contributed by atoms with Gasteiger partial charge in [0.25, 0.3) is 5.43 Å². The highest BCUT2D eigenvalue weighted by Crippen LogP contribution is 2.21. The Bertz CT molecular complexity index is 2100. The number of unbranched alkanes of at least 4 members (excludes halogenated alkanes) is 20. The Morgan fingerprint density at radius 3 is 1.03 bits per heavy atom. The van der Waals surface area contributed by atoms with E-state index in [0.29, 0.717) is 13.1 Å². The lowest BCUT2D eigenvalue weighted by Gasteiger charge is -2.10. The normalized spacial score (nSPS) is 10.9. The first-order valence-electron chi connectivity index (χ1n) is 26.6. The van der Waals surface area contributed by atoms with Gasteiger partial charge in [0.2, 0.25) is 0 Å². The minimum Gasteiger partial charge on any atom is -0.494 e. The fourth-order valence-corrected chi connectivity index (χ4v) is 8.21. The molecule has 0 spiro atoms. The van der Waals surface area contributed by atoms with Gasteiger partial charge < -0.3 is 29.6 Å². The van der Waals surface area contributed by atoms with Gasteiger partial charge in [-0.25, -0.2) is 9.59 Å². The molecule has 0 saturated carbocycles. The van der Waals surface area contributed by atoms with Crippen LogP contribution in [0.3, 0.4) is 0 Å². The molecule has 2 N–H and O–H groups in total. The molecule has 376 valence electrons. The molecule has 0 unspecified atom stereocenters. The first-order valence-corrected chi connectivity index (χ1v) is 26.6. The van der Waals surface area contributed by atoms with E-state index >= 15 is 0 Å². The first kappa shape index (κ1) is 54.8. The molecule has 9 nitrogen and oxygen atoms in total. The van der Waals surface area contributed by atoms with Gasteiger partial charge in [-0.3, -0.25) is 4.79 Å². The van der Waals surface area contributed by atoms with Crippen molar-refractivity contribution in [2.45, 2.75) is 168 Å². The van der Waals surface area contributed by atoms with E-state index in [-0.39, 0.29) is 22.6 Å². The Labute approximate surface area is 419 Å². The van der Waals surface area contributed by atoms with E-state index in [1.807, 2.05) is 72.8 Å². The van der Waals surface area contributed by atoms with Gasteiger partial charge in [0.1, 0.15) is 11.5 Å². The first-order chi connectivity index (χ1) is 34.4. The molecular weight excluding hydrogens is 873 g/mol. The van der Waals surface area contributed by atoms with Gasteiger partial charge in [0, 0.05) is 24.5 Å². The third-order valence-corrected chi connectivity index (χ3v) is 12.6. The van der Waals surface area contributed by atoms with Crippen LogP contribution >= 0.6 is 0 Å². The van der Waals surface area contributed by atoms with Crippen LogP contribution < -0.4 is 35.0 Å². The average molecular weight is 953 g/mol. The predicted octanol–water partition coefficient (Wildman–Crippen LogP) is 16.1. The lowest BCUT2D eigenvalue weighted by Crippen LogP contribution is -2.17. The fraction of sp³-hybridized carbons (Fsp3) is 0.459. The highest BCUT2D eigenvalue weighted by molar-refractivity contribution is 5.92. The summed E-state index contributed by atoms with van der Waals surface area (Å²) in [5.41, 5.74) is 3.67. The van der Waals surface area contributed by atoms with Crippen molar-refractivity contribution < 1.29 is 28.5 Å². The van der Waals surface area contributed by atoms with Crippen LogP contribution in [0.15, 0.2) is 126 Å². The van der Waals surface area contributed by atoms with Gasteiger partial charge in [-0.2, -0.15) is 0 Å². The molecule has 5 aromatic carbocycles. The summed E-state index contributed by atoms with van der Waals surface area (Å²) < 4.78 is 23.0. The molecule has 0 aliphatic rings. The van der Waals surface area contributed by atoms with Gasteiger partial charge >= 0.3 is 11.9 Å². The van der Waals surface area contributed by atoms with Crippen molar-refractivity contribution in [3.63, 3.8) is 0 Å². The van der Waals surface area contributed by atoms with Crippen molar-refractivity contribution >= 4 is 23.3 Å². The molecule has 5 rings (SSSR count). The van der Waals surface area contributed by atoms with Crippen molar-refractivity contribution in [1.29, 1.82) is 0 Å². The zero-order valence-corrected chi connectivity index (χ0v) is 42.3. The molecule has 0 heterocycles. The van der Waals surface area contributed by atoms with E-state index in [9.17, 15) is 14.4 Å². The lowest BCUT2D eigenvalue weighted by atomic mass is 10.1. The third kappa shape index (κ3) is 21.7. The van der Waals surface area contributed by atoms with Gasteiger partial charge in [0.15, 0.2) is 11.5 Å². The van der Waals surface area contributed by atoms with Crippen LogP contribution in [-0.2, 0) is 13.1 Å². The zero-order chi connectivity index (χ0) is 49.3. The molecular formula is C61H80N2O7. The monoisotopic (exact) mass is 953 g/mol.